The molecule has 1 heterocycles. The Morgan fingerprint density at radius 1 is 1.19 bits per heavy atom. The molecule has 0 atom stereocenters. The molecular formula is C10H19N5O. The molecule has 0 saturated carbocycles. The lowest BCUT2D eigenvalue weighted by Crippen LogP contribution is -2.21. The third-order valence-electron chi connectivity index (χ3n) is 1.96. The van der Waals surface area contributed by atoms with Crippen molar-refractivity contribution in [1.29, 1.82) is 0 Å². The van der Waals surface area contributed by atoms with Crippen molar-refractivity contribution >= 4 is 11.9 Å². The highest BCUT2D eigenvalue weighted by molar-refractivity contribution is 5.34. The average molecular weight is 225 g/mol. The highest BCUT2D eigenvalue weighted by Gasteiger charge is 2.08. The van der Waals surface area contributed by atoms with Gasteiger partial charge in [0.2, 0.25) is 11.9 Å². The van der Waals surface area contributed by atoms with Crippen molar-refractivity contribution < 1.29 is 4.74 Å². The van der Waals surface area contributed by atoms with Crippen molar-refractivity contribution in [1.82, 2.24) is 15.0 Å². The van der Waals surface area contributed by atoms with E-state index in [9.17, 15) is 0 Å². The molecule has 6 nitrogen and oxygen atoms in total. The molecule has 0 radical (unpaired) electrons. The van der Waals surface area contributed by atoms with Crippen LogP contribution in [0.1, 0.15) is 26.7 Å². The summed E-state index contributed by atoms with van der Waals surface area (Å²) in [5.74, 6) is 0.750. The zero-order chi connectivity index (χ0) is 12.0. The van der Waals surface area contributed by atoms with Crippen molar-refractivity contribution in [3.05, 3.63) is 0 Å². The van der Waals surface area contributed by atoms with E-state index in [1.807, 2.05) is 18.9 Å². The Morgan fingerprint density at radius 2 is 1.94 bits per heavy atom. The summed E-state index contributed by atoms with van der Waals surface area (Å²) in [6, 6.07) is 0.298. The summed E-state index contributed by atoms with van der Waals surface area (Å²) in [6.07, 6.45) is 1.93. The minimum atomic E-state index is 0.194. The number of anilines is 2. The van der Waals surface area contributed by atoms with Gasteiger partial charge in [-0.15, -0.1) is 0 Å². The van der Waals surface area contributed by atoms with Gasteiger partial charge in [-0.1, -0.05) is 13.8 Å². The van der Waals surface area contributed by atoms with Gasteiger partial charge in [0, 0.05) is 13.6 Å². The monoisotopic (exact) mass is 225 g/mol. The van der Waals surface area contributed by atoms with Crippen LogP contribution in [0.3, 0.4) is 0 Å². The van der Waals surface area contributed by atoms with Crippen LogP contribution in [0.5, 0.6) is 6.01 Å². The predicted octanol–water partition coefficient (Wildman–Crippen LogP) is 1.09. The maximum absolute atomic E-state index is 5.60. The Labute approximate surface area is 95.9 Å². The second-order valence-electron chi connectivity index (χ2n) is 3.55. The zero-order valence-electron chi connectivity index (χ0n) is 10.1. The number of nitrogens with two attached hydrogens (primary N) is 1. The van der Waals surface area contributed by atoms with Gasteiger partial charge in [-0.2, -0.15) is 15.0 Å². The summed E-state index contributed by atoms with van der Waals surface area (Å²) in [5, 5.41) is 0. The van der Waals surface area contributed by atoms with E-state index in [-0.39, 0.29) is 5.95 Å². The standard InChI is InChI=1S/C10H19N5O/c1-4-6-15(3)9-12-8(11)13-10(14-9)16-7-5-2/h4-7H2,1-3H3,(H2,11,12,13,14). The van der Waals surface area contributed by atoms with Crippen LogP contribution in [0, 0.1) is 0 Å². The minimum Gasteiger partial charge on any atom is -0.463 e. The molecule has 6 heteroatoms. The van der Waals surface area contributed by atoms with Crippen LogP contribution in [-0.4, -0.2) is 35.2 Å². The predicted molar refractivity (Wildman–Crippen MR) is 63.6 cm³/mol. The topological polar surface area (TPSA) is 77.2 Å². The van der Waals surface area contributed by atoms with E-state index in [4.69, 9.17) is 10.5 Å². The molecule has 0 aromatic carbocycles. The average Bonchev–Trinajstić information content (AvgIpc) is 2.26. The van der Waals surface area contributed by atoms with Gasteiger partial charge in [0.1, 0.15) is 0 Å². The molecule has 1 rings (SSSR count). The first-order valence-corrected chi connectivity index (χ1v) is 5.52. The zero-order valence-corrected chi connectivity index (χ0v) is 10.1. The lowest BCUT2D eigenvalue weighted by molar-refractivity contribution is 0.292. The highest BCUT2D eigenvalue weighted by atomic mass is 16.5. The Morgan fingerprint density at radius 3 is 2.56 bits per heavy atom. The van der Waals surface area contributed by atoms with Gasteiger partial charge in [0.15, 0.2) is 0 Å². The van der Waals surface area contributed by atoms with E-state index < -0.39 is 0 Å². The SMILES string of the molecule is CCCOc1nc(N)nc(N(C)CCC)n1. The number of hydrogen-bond donors (Lipinski definition) is 1. The van der Waals surface area contributed by atoms with Crippen LogP contribution in [0.25, 0.3) is 0 Å². The van der Waals surface area contributed by atoms with Gasteiger partial charge in [-0.3, -0.25) is 0 Å². The van der Waals surface area contributed by atoms with E-state index in [0.717, 1.165) is 19.4 Å². The van der Waals surface area contributed by atoms with Crippen LogP contribution in [0.15, 0.2) is 0 Å². The lowest BCUT2D eigenvalue weighted by atomic mass is 10.4. The molecular weight excluding hydrogens is 206 g/mol. The first kappa shape index (κ1) is 12.5. The van der Waals surface area contributed by atoms with Gasteiger partial charge in [-0.05, 0) is 12.8 Å². The first-order valence-electron chi connectivity index (χ1n) is 5.52. The van der Waals surface area contributed by atoms with Crippen LogP contribution in [0.4, 0.5) is 11.9 Å². The highest BCUT2D eigenvalue weighted by Crippen LogP contribution is 2.12. The maximum Gasteiger partial charge on any atom is 0.323 e. The molecule has 0 saturated heterocycles. The fraction of sp³-hybridized carbons (Fsp3) is 0.700. The number of nitrogens with zero attached hydrogens (tertiary/aromatic N) is 4. The summed E-state index contributed by atoms with van der Waals surface area (Å²) < 4.78 is 5.34. The molecule has 0 fully saturated rings. The second-order valence-corrected chi connectivity index (χ2v) is 3.55. The summed E-state index contributed by atoms with van der Waals surface area (Å²) in [6.45, 7) is 5.57. The molecule has 90 valence electrons. The summed E-state index contributed by atoms with van der Waals surface area (Å²) in [5.41, 5.74) is 5.60. The van der Waals surface area contributed by atoms with Crippen molar-refractivity contribution in [3.8, 4) is 6.01 Å². The molecule has 0 aliphatic rings. The second kappa shape index (κ2) is 6.09. The van der Waals surface area contributed by atoms with E-state index >= 15 is 0 Å². The lowest BCUT2D eigenvalue weighted by Gasteiger charge is -2.16. The molecule has 0 aliphatic heterocycles. The third-order valence-corrected chi connectivity index (χ3v) is 1.96. The molecule has 0 unspecified atom stereocenters. The van der Waals surface area contributed by atoms with Crippen LogP contribution in [-0.2, 0) is 0 Å². The smallest absolute Gasteiger partial charge is 0.323 e. The number of rotatable bonds is 6. The molecule has 0 amide bonds. The first-order chi connectivity index (χ1) is 7.67. The van der Waals surface area contributed by atoms with Gasteiger partial charge >= 0.3 is 6.01 Å². The molecule has 1 aromatic rings. The fourth-order valence-corrected chi connectivity index (χ4v) is 1.23. The Bertz CT molecular complexity index is 331. The van der Waals surface area contributed by atoms with Gasteiger partial charge in [0.05, 0.1) is 6.61 Å². The van der Waals surface area contributed by atoms with Crippen molar-refractivity contribution in [3.63, 3.8) is 0 Å². The normalized spacial score (nSPS) is 10.2. The van der Waals surface area contributed by atoms with Crippen LogP contribution >= 0.6 is 0 Å². The van der Waals surface area contributed by atoms with E-state index in [1.165, 1.54) is 0 Å². The Balaban J connectivity index is 2.80. The van der Waals surface area contributed by atoms with E-state index in [1.54, 1.807) is 0 Å². The van der Waals surface area contributed by atoms with Gasteiger partial charge in [-0.25, -0.2) is 0 Å². The molecule has 0 spiro atoms. The van der Waals surface area contributed by atoms with E-state index in [2.05, 4.69) is 21.9 Å². The van der Waals surface area contributed by atoms with Crippen molar-refractivity contribution in [2.75, 3.05) is 30.8 Å². The van der Waals surface area contributed by atoms with E-state index in [0.29, 0.717) is 18.6 Å². The molecule has 0 bridgehead atoms. The maximum atomic E-state index is 5.60. The summed E-state index contributed by atoms with van der Waals surface area (Å²) in [7, 11) is 1.92. The Hall–Kier alpha value is -1.59. The molecule has 1 aromatic heterocycles. The van der Waals surface area contributed by atoms with Crippen molar-refractivity contribution in [2.24, 2.45) is 0 Å². The number of hydrogen-bond acceptors (Lipinski definition) is 6. The Kier molecular flexibility index (Phi) is 4.75. The molecule has 2 N–H and O–H groups in total. The quantitative estimate of drug-likeness (QED) is 0.780. The summed E-state index contributed by atoms with van der Waals surface area (Å²) >= 11 is 0. The molecule has 16 heavy (non-hydrogen) atoms. The number of ether oxygens (including phenoxy) is 1. The van der Waals surface area contributed by atoms with Crippen molar-refractivity contribution in [2.45, 2.75) is 26.7 Å². The summed E-state index contributed by atoms with van der Waals surface area (Å²) in [4.78, 5) is 14.1. The van der Waals surface area contributed by atoms with Crippen LogP contribution < -0.4 is 15.4 Å². The van der Waals surface area contributed by atoms with Gasteiger partial charge in [0.25, 0.3) is 0 Å². The number of nitrogen functional groups attached to an aromatic ring is 1. The largest absolute Gasteiger partial charge is 0.463 e. The number of aromatic nitrogens is 3. The fourth-order valence-electron chi connectivity index (χ4n) is 1.23. The molecule has 0 aliphatic carbocycles. The van der Waals surface area contributed by atoms with Crippen LogP contribution in [0.2, 0.25) is 0 Å². The minimum absolute atomic E-state index is 0.194. The third kappa shape index (κ3) is 3.52. The van der Waals surface area contributed by atoms with Gasteiger partial charge < -0.3 is 15.4 Å².